The first kappa shape index (κ1) is 125. The van der Waals surface area contributed by atoms with Crippen LogP contribution >= 0.6 is 0 Å². The molecule has 0 aromatic carbocycles. The Morgan fingerprint density at radius 1 is 0.500 bits per heavy atom. The molecule has 0 aliphatic rings. The maximum atomic E-state index is 0. The molecule has 0 unspecified atom stereocenters. The average molecular weight is 235 g/mol. The van der Waals surface area contributed by atoms with Crippen LogP contribution in [-0.2, 0) is 72.5 Å². The van der Waals surface area contributed by atoms with Gasteiger partial charge in [-0.15, -0.1) is 0 Å². The molecule has 0 amide bonds. The van der Waals surface area contributed by atoms with Crippen LogP contribution in [0.5, 0.6) is 0 Å². The van der Waals surface area contributed by atoms with E-state index in [2.05, 4.69) is 0 Å². The van der Waals surface area contributed by atoms with Crippen LogP contribution in [0.3, 0.4) is 0 Å². The van der Waals surface area contributed by atoms with Gasteiger partial charge in [0, 0.05) is 0 Å². The van der Waals surface area contributed by atoms with Gasteiger partial charge in [0.15, 0.2) is 0 Å². The van der Waals surface area contributed by atoms with E-state index >= 15 is 0 Å². The van der Waals surface area contributed by atoms with Gasteiger partial charge in [-0.05, 0) is 0 Å². The molecule has 0 radical (unpaired) electrons. The Kier molecular flexibility index (Phi) is 1620. The molecule has 0 aromatic rings. The molecule has 0 atom stereocenters. The molecule has 0 aliphatic heterocycles. The standard InChI is InChI=1S/Fe.3O.2Zn/q+2;3*-2;2*+2. The molecule has 0 heterocycles. The van der Waals surface area contributed by atoms with Gasteiger partial charge in [0.1, 0.15) is 0 Å². The molecule has 0 fully saturated rings. The van der Waals surface area contributed by atoms with E-state index in [1.165, 1.54) is 0 Å². The van der Waals surface area contributed by atoms with Gasteiger partial charge < -0.3 is 16.4 Å². The van der Waals surface area contributed by atoms with Crippen LogP contribution in [0.2, 0.25) is 0 Å². The Morgan fingerprint density at radius 2 is 0.500 bits per heavy atom. The van der Waals surface area contributed by atoms with E-state index in [0.29, 0.717) is 0 Å². The van der Waals surface area contributed by atoms with Crippen LogP contribution in [0.25, 0.3) is 0 Å². The molecule has 0 rings (SSSR count). The van der Waals surface area contributed by atoms with Gasteiger partial charge >= 0.3 is 56.0 Å². The molecule has 0 aromatic heterocycles. The zero-order valence-electron chi connectivity index (χ0n) is 2.99. The summed E-state index contributed by atoms with van der Waals surface area (Å²) in [6, 6.07) is 0. The monoisotopic (exact) mass is 232 g/mol. The predicted molar refractivity (Wildman–Crippen MR) is 2.06 cm³/mol. The van der Waals surface area contributed by atoms with Crippen molar-refractivity contribution in [3.63, 3.8) is 0 Å². The van der Waals surface area contributed by atoms with Crippen molar-refractivity contribution in [3.8, 4) is 0 Å². The maximum absolute atomic E-state index is 0. The molecule has 0 saturated carbocycles. The number of rotatable bonds is 0. The van der Waals surface area contributed by atoms with E-state index in [9.17, 15) is 0 Å². The molecule has 30 valence electrons. The summed E-state index contributed by atoms with van der Waals surface area (Å²) >= 11 is 0. The van der Waals surface area contributed by atoms with Gasteiger partial charge in [-0.2, -0.15) is 0 Å². The fraction of sp³-hybridized carbons (Fsp3) is 0. The van der Waals surface area contributed by atoms with Crippen molar-refractivity contribution in [2.24, 2.45) is 0 Å². The van der Waals surface area contributed by atoms with E-state index in [-0.39, 0.29) is 72.5 Å². The average Bonchev–Trinajstić information content (AvgIpc) is 0. The van der Waals surface area contributed by atoms with Crippen molar-refractivity contribution in [3.05, 3.63) is 0 Å². The third-order valence-corrected chi connectivity index (χ3v) is 0. The molecule has 0 aliphatic carbocycles. The van der Waals surface area contributed by atoms with Crippen LogP contribution < -0.4 is 0 Å². The molecule has 6 heavy (non-hydrogen) atoms. The van der Waals surface area contributed by atoms with Gasteiger partial charge in [-0.1, -0.05) is 0 Å². The number of hydrogen-bond acceptors (Lipinski definition) is 0. The summed E-state index contributed by atoms with van der Waals surface area (Å²) in [5, 5.41) is 0. The summed E-state index contributed by atoms with van der Waals surface area (Å²) in [7, 11) is 0. The van der Waals surface area contributed by atoms with Crippen molar-refractivity contribution in [2.45, 2.75) is 0 Å². The van der Waals surface area contributed by atoms with E-state index in [4.69, 9.17) is 0 Å². The summed E-state index contributed by atoms with van der Waals surface area (Å²) in [5.74, 6) is 0. The molecule has 0 spiro atoms. The van der Waals surface area contributed by atoms with Crippen LogP contribution in [0.15, 0.2) is 0 Å². The van der Waals surface area contributed by atoms with Gasteiger partial charge in [0.2, 0.25) is 0 Å². The Morgan fingerprint density at radius 3 is 0.500 bits per heavy atom. The SMILES string of the molecule is [Fe+2].[O-2].[O-2].[O-2].[Zn+2].[Zn+2]. The van der Waals surface area contributed by atoms with Crippen molar-refractivity contribution < 1.29 is 72.5 Å². The summed E-state index contributed by atoms with van der Waals surface area (Å²) in [6.07, 6.45) is 0. The minimum absolute atomic E-state index is 0. The summed E-state index contributed by atoms with van der Waals surface area (Å²) in [6.45, 7) is 0. The summed E-state index contributed by atoms with van der Waals surface area (Å²) in [5.41, 5.74) is 0. The third-order valence-electron chi connectivity index (χ3n) is 0. The largest absolute Gasteiger partial charge is 2.00 e. The first-order valence-corrected chi connectivity index (χ1v) is 0. The second kappa shape index (κ2) is 78.2. The molecule has 3 nitrogen and oxygen atoms in total. The molecular formula is FeO3Zn2. The normalized spacial score (nSPS) is 0. The topological polar surface area (TPSA) is 85.5 Å². The minimum Gasteiger partial charge on any atom is -2.00 e. The smallest absolute Gasteiger partial charge is 2.00 e. The Labute approximate surface area is 72.2 Å². The van der Waals surface area contributed by atoms with Crippen LogP contribution in [0.4, 0.5) is 0 Å². The van der Waals surface area contributed by atoms with Crippen LogP contribution in [0.1, 0.15) is 0 Å². The second-order valence-corrected chi connectivity index (χ2v) is 0. The third kappa shape index (κ3) is 45.0. The molecule has 0 saturated heterocycles. The van der Waals surface area contributed by atoms with Gasteiger partial charge in [-0.25, -0.2) is 0 Å². The van der Waals surface area contributed by atoms with Crippen molar-refractivity contribution in [2.75, 3.05) is 0 Å². The zero-order valence-corrected chi connectivity index (χ0v) is 10.0. The fourth-order valence-electron chi connectivity index (χ4n) is 0. The maximum Gasteiger partial charge on any atom is 2.00 e. The van der Waals surface area contributed by atoms with Gasteiger partial charge in [-0.3, -0.25) is 0 Å². The molecule has 0 bridgehead atoms. The second-order valence-electron chi connectivity index (χ2n) is 0. The summed E-state index contributed by atoms with van der Waals surface area (Å²) < 4.78 is 0. The fourth-order valence-corrected chi connectivity index (χ4v) is 0. The van der Waals surface area contributed by atoms with Crippen molar-refractivity contribution in [1.82, 2.24) is 0 Å². The Hall–Kier alpha value is 1.65. The number of hydrogen-bond donors (Lipinski definition) is 0. The minimum atomic E-state index is 0. The Bertz CT molecular complexity index is 8.75. The first-order chi connectivity index (χ1) is 0. The predicted octanol–water partition coefficient (Wildman–Crippen LogP) is -0.364. The van der Waals surface area contributed by atoms with E-state index in [1.54, 1.807) is 0 Å². The zero-order chi connectivity index (χ0) is 0. The van der Waals surface area contributed by atoms with Crippen LogP contribution in [-0.4, -0.2) is 0 Å². The summed E-state index contributed by atoms with van der Waals surface area (Å²) in [4.78, 5) is 0. The van der Waals surface area contributed by atoms with E-state index in [1.807, 2.05) is 0 Å². The Balaban J connectivity index is 0. The van der Waals surface area contributed by atoms with Crippen molar-refractivity contribution >= 4 is 0 Å². The quantitative estimate of drug-likeness (QED) is 0.513. The van der Waals surface area contributed by atoms with Crippen molar-refractivity contribution in [1.29, 1.82) is 0 Å². The first-order valence-electron chi connectivity index (χ1n) is 0. The molecule has 0 N–H and O–H groups in total. The molecular weight excluding hydrogens is 235 g/mol. The van der Waals surface area contributed by atoms with Gasteiger partial charge in [0.05, 0.1) is 0 Å². The van der Waals surface area contributed by atoms with Gasteiger partial charge in [0.25, 0.3) is 0 Å². The van der Waals surface area contributed by atoms with E-state index < -0.39 is 0 Å². The van der Waals surface area contributed by atoms with Crippen LogP contribution in [0, 0.1) is 0 Å². The molecule has 6 heteroatoms. The van der Waals surface area contributed by atoms with E-state index in [0.717, 1.165) is 0 Å².